The van der Waals surface area contributed by atoms with Crippen molar-refractivity contribution in [3.05, 3.63) is 11.8 Å². The van der Waals surface area contributed by atoms with Gasteiger partial charge < -0.3 is 19.7 Å². The zero-order chi connectivity index (χ0) is 23.9. The summed E-state index contributed by atoms with van der Waals surface area (Å²) in [5.74, 6) is -0.388. The molecule has 0 aromatic heterocycles. The highest BCUT2D eigenvalue weighted by Crippen LogP contribution is 2.46. The molecule has 194 valence electrons. The van der Waals surface area contributed by atoms with Crippen LogP contribution in [0.2, 0.25) is 0 Å². The Labute approximate surface area is 213 Å². The van der Waals surface area contributed by atoms with Crippen molar-refractivity contribution < 1.29 is 19.1 Å². The molecule has 6 rings (SSSR count). The molecule has 0 spiro atoms. The molecule has 7 atom stereocenters. The van der Waals surface area contributed by atoms with Crippen molar-refractivity contribution in [2.45, 2.75) is 80.7 Å². The summed E-state index contributed by atoms with van der Waals surface area (Å²) in [6, 6.07) is 0.568. The fourth-order valence-electron chi connectivity index (χ4n) is 7.43. The Morgan fingerprint density at radius 3 is 2.63 bits per heavy atom. The number of amides is 1. The Morgan fingerprint density at radius 1 is 1.06 bits per heavy atom. The number of fused-ring (bicyclic) bond motifs is 2. The summed E-state index contributed by atoms with van der Waals surface area (Å²) in [6.45, 7) is 6.82. The molecule has 0 bridgehead atoms. The molecule has 2 saturated carbocycles. The molecule has 6 aliphatic rings. The maximum atomic E-state index is 13.7. The highest BCUT2D eigenvalue weighted by molar-refractivity contribution is 6.21. The van der Waals surface area contributed by atoms with Crippen LogP contribution in [-0.4, -0.2) is 115 Å². The Hall–Kier alpha value is -1.19. The number of carbonyl (C=O) groups excluding carboxylic acids is 2. The molecule has 9 heteroatoms. The van der Waals surface area contributed by atoms with Gasteiger partial charge in [-0.05, 0) is 58.0 Å². The molecule has 1 N–H and O–H groups in total. The Morgan fingerprint density at radius 2 is 1.83 bits per heavy atom. The predicted octanol–water partition coefficient (Wildman–Crippen LogP) is 1.37. The average Bonchev–Trinajstić information content (AvgIpc) is 3.40. The van der Waals surface area contributed by atoms with Crippen LogP contribution in [0.15, 0.2) is 11.8 Å². The normalized spacial score (nSPS) is 40.1. The summed E-state index contributed by atoms with van der Waals surface area (Å²) < 4.78 is 12.2. The van der Waals surface area contributed by atoms with Crippen molar-refractivity contribution in [1.29, 1.82) is 0 Å². The minimum atomic E-state index is -0.228. The second-order valence-corrected chi connectivity index (χ2v) is 11.8. The van der Waals surface area contributed by atoms with E-state index in [1.54, 1.807) is 0 Å². The summed E-state index contributed by atoms with van der Waals surface area (Å²) in [5.41, 5.74) is 0.334. The lowest BCUT2D eigenvalue weighted by molar-refractivity contribution is -0.198. The first-order valence-electron chi connectivity index (χ1n) is 13.8. The van der Waals surface area contributed by atoms with E-state index in [0.29, 0.717) is 18.2 Å². The lowest BCUT2D eigenvalue weighted by Gasteiger charge is -2.59. The van der Waals surface area contributed by atoms with Crippen LogP contribution in [0.1, 0.15) is 44.9 Å². The highest BCUT2D eigenvalue weighted by Gasteiger charge is 2.57. The molecule has 2 aliphatic carbocycles. The van der Waals surface area contributed by atoms with Gasteiger partial charge in [0, 0.05) is 49.7 Å². The molecule has 0 aromatic carbocycles. The molecule has 0 aromatic rings. The smallest absolute Gasteiger partial charge is 0.256 e. The second-order valence-electron chi connectivity index (χ2n) is 11.2. The molecular formula is C26H39ClN4O4. The van der Waals surface area contributed by atoms with E-state index in [0.717, 1.165) is 78.0 Å². The maximum Gasteiger partial charge on any atom is 0.256 e. The van der Waals surface area contributed by atoms with Crippen LogP contribution >= 0.6 is 11.6 Å². The van der Waals surface area contributed by atoms with Crippen molar-refractivity contribution in [2.24, 2.45) is 5.92 Å². The minimum absolute atomic E-state index is 0.00111. The minimum Gasteiger partial charge on any atom is -0.379 e. The van der Waals surface area contributed by atoms with E-state index in [-0.39, 0.29) is 47.3 Å². The summed E-state index contributed by atoms with van der Waals surface area (Å²) in [4.78, 5) is 34.2. The number of carbonyl (C=O) groups is 2. The fraction of sp³-hybridized carbons (Fsp3) is 0.846. The lowest BCUT2D eigenvalue weighted by atomic mass is 9.70. The number of rotatable bonds is 5. The highest BCUT2D eigenvalue weighted by atomic mass is 35.5. The number of morpholine rings is 2. The standard InChI is InChI=1S/C26H39ClN4O4/c27-17-3-5-20-22(15-17)35-25-21(30-8-1-2-9-30)6-4-18-23(25)31(20)16-19(24(18)32)26(33)28-7-10-29-11-13-34-14-12-29/h16-18,20-23,25H,1-15H2,(H,28,33). The van der Waals surface area contributed by atoms with Gasteiger partial charge in [-0.3, -0.25) is 19.4 Å². The first kappa shape index (κ1) is 24.2. The monoisotopic (exact) mass is 506 g/mol. The van der Waals surface area contributed by atoms with Gasteiger partial charge in [0.2, 0.25) is 0 Å². The van der Waals surface area contributed by atoms with Gasteiger partial charge in [0.05, 0.1) is 43.1 Å². The van der Waals surface area contributed by atoms with Gasteiger partial charge in [-0.25, -0.2) is 0 Å². The van der Waals surface area contributed by atoms with E-state index in [2.05, 4.69) is 20.0 Å². The van der Waals surface area contributed by atoms with Crippen LogP contribution < -0.4 is 5.32 Å². The molecule has 4 aliphatic heterocycles. The van der Waals surface area contributed by atoms with Crippen molar-refractivity contribution in [1.82, 2.24) is 20.0 Å². The largest absolute Gasteiger partial charge is 0.379 e. The van der Waals surface area contributed by atoms with Crippen LogP contribution in [0.3, 0.4) is 0 Å². The van der Waals surface area contributed by atoms with E-state index in [9.17, 15) is 9.59 Å². The first-order chi connectivity index (χ1) is 17.1. The lowest BCUT2D eigenvalue weighted by Crippen LogP contribution is -2.71. The number of likely N-dealkylation sites (tertiary alicyclic amines) is 1. The Bertz CT molecular complexity index is 843. The molecule has 35 heavy (non-hydrogen) atoms. The molecular weight excluding hydrogens is 468 g/mol. The maximum absolute atomic E-state index is 13.7. The third-order valence-corrected chi connectivity index (χ3v) is 9.60. The third kappa shape index (κ3) is 4.65. The number of ether oxygens (including phenoxy) is 2. The summed E-state index contributed by atoms with van der Waals surface area (Å²) in [6.07, 6.45) is 8.96. The zero-order valence-electron chi connectivity index (χ0n) is 20.6. The quantitative estimate of drug-likeness (QED) is 0.446. The summed E-state index contributed by atoms with van der Waals surface area (Å²) in [7, 11) is 0. The van der Waals surface area contributed by atoms with Crippen LogP contribution in [0.5, 0.6) is 0 Å². The topological polar surface area (TPSA) is 74.4 Å². The number of hydrogen-bond donors (Lipinski definition) is 1. The number of Topliss-reactive ketones (excluding diaryl/α,β-unsaturated/α-hetero) is 1. The van der Waals surface area contributed by atoms with E-state index >= 15 is 0 Å². The molecule has 5 fully saturated rings. The average molecular weight is 507 g/mol. The second kappa shape index (κ2) is 10.3. The van der Waals surface area contributed by atoms with Crippen LogP contribution in [-0.2, 0) is 19.1 Å². The number of alkyl halides is 1. The molecule has 4 heterocycles. The van der Waals surface area contributed by atoms with E-state index < -0.39 is 0 Å². The molecule has 8 nitrogen and oxygen atoms in total. The zero-order valence-corrected chi connectivity index (χ0v) is 21.3. The van der Waals surface area contributed by atoms with Crippen molar-refractivity contribution >= 4 is 23.3 Å². The van der Waals surface area contributed by atoms with Gasteiger partial charge in [-0.15, -0.1) is 11.6 Å². The van der Waals surface area contributed by atoms with Crippen molar-refractivity contribution in [3.63, 3.8) is 0 Å². The number of nitrogens with zero attached hydrogens (tertiary/aromatic N) is 3. The Kier molecular flexibility index (Phi) is 7.10. The molecule has 7 unspecified atom stereocenters. The number of halogens is 1. The number of nitrogens with one attached hydrogen (secondary N) is 1. The van der Waals surface area contributed by atoms with Crippen LogP contribution in [0.25, 0.3) is 0 Å². The van der Waals surface area contributed by atoms with E-state index in [4.69, 9.17) is 21.1 Å². The van der Waals surface area contributed by atoms with E-state index in [1.807, 2.05) is 6.20 Å². The first-order valence-corrected chi connectivity index (χ1v) is 14.2. The van der Waals surface area contributed by atoms with Gasteiger partial charge in [0.1, 0.15) is 0 Å². The SMILES string of the molecule is O=C(NCCN1CCOCC1)C1=CN2C3CCC(Cl)CC3OC3C(N4CCCC4)CCC(C1=O)C32. The van der Waals surface area contributed by atoms with Gasteiger partial charge in [0.25, 0.3) is 5.91 Å². The van der Waals surface area contributed by atoms with E-state index in [1.165, 1.54) is 12.8 Å². The number of ketones is 1. The summed E-state index contributed by atoms with van der Waals surface area (Å²) >= 11 is 6.58. The number of hydrogen-bond acceptors (Lipinski definition) is 7. The fourth-order valence-corrected chi connectivity index (χ4v) is 7.73. The predicted molar refractivity (Wildman–Crippen MR) is 132 cm³/mol. The van der Waals surface area contributed by atoms with Gasteiger partial charge in [-0.1, -0.05) is 0 Å². The Balaban J connectivity index is 1.22. The molecule has 1 amide bonds. The summed E-state index contributed by atoms with van der Waals surface area (Å²) in [5, 5.41) is 3.17. The van der Waals surface area contributed by atoms with Gasteiger partial charge in [0.15, 0.2) is 5.78 Å². The molecule has 0 radical (unpaired) electrons. The molecule has 3 saturated heterocycles. The van der Waals surface area contributed by atoms with Gasteiger partial charge in [-0.2, -0.15) is 0 Å². The van der Waals surface area contributed by atoms with Crippen LogP contribution in [0, 0.1) is 5.92 Å². The van der Waals surface area contributed by atoms with Crippen LogP contribution in [0.4, 0.5) is 0 Å². The third-order valence-electron chi connectivity index (χ3n) is 9.21. The van der Waals surface area contributed by atoms with Crippen molar-refractivity contribution in [2.75, 3.05) is 52.5 Å². The van der Waals surface area contributed by atoms with Gasteiger partial charge >= 0.3 is 0 Å². The van der Waals surface area contributed by atoms with Crippen molar-refractivity contribution in [3.8, 4) is 0 Å².